The summed E-state index contributed by atoms with van der Waals surface area (Å²) in [5.74, 6) is 0.847. The third-order valence-corrected chi connectivity index (χ3v) is 2.78. The molecule has 14 heavy (non-hydrogen) atoms. The Morgan fingerprint density at radius 3 is 2.79 bits per heavy atom. The summed E-state index contributed by atoms with van der Waals surface area (Å²) in [6.07, 6.45) is 8.29. The van der Waals surface area contributed by atoms with Gasteiger partial charge in [-0.05, 0) is 25.0 Å². The van der Waals surface area contributed by atoms with Gasteiger partial charge in [0.2, 0.25) is 0 Å². The molecule has 1 saturated carbocycles. The van der Waals surface area contributed by atoms with Crippen LogP contribution in [0.25, 0.3) is 0 Å². The summed E-state index contributed by atoms with van der Waals surface area (Å²) >= 11 is 0. The van der Waals surface area contributed by atoms with Crippen molar-refractivity contribution in [2.45, 2.75) is 38.1 Å². The van der Waals surface area contributed by atoms with Crippen molar-refractivity contribution in [3.63, 3.8) is 0 Å². The smallest absolute Gasteiger partial charge is 0.149 e. The second-order valence-electron chi connectivity index (χ2n) is 3.92. The highest BCUT2D eigenvalue weighted by Crippen LogP contribution is 2.22. The molecule has 1 aromatic rings. The summed E-state index contributed by atoms with van der Waals surface area (Å²) in [6, 6.07) is 4.32. The van der Waals surface area contributed by atoms with Crippen molar-refractivity contribution in [1.29, 1.82) is 0 Å². The summed E-state index contributed by atoms with van der Waals surface area (Å²) in [4.78, 5) is 4.24. The van der Waals surface area contributed by atoms with Gasteiger partial charge >= 0.3 is 0 Å². The van der Waals surface area contributed by atoms with Gasteiger partial charge in [-0.3, -0.25) is 0 Å². The van der Waals surface area contributed by atoms with Crippen LogP contribution in [0.1, 0.15) is 32.1 Å². The van der Waals surface area contributed by atoms with E-state index in [1.165, 1.54) is 32.1 Å². The number of hydrogen-bond acceptors (Lipinski definition) is 3. The molecule has 3 nitrogen and oxygen atoms in total. The number of aromatic nitrogens is 1. The fourth-order valence-corrected chi connectivity index (χ4v) is 1.98. The highest BCUT2D eigenvalue weighted by atomic mass is 15.0. The first-order valence-electron chi connectivity index (χ1n) is 5.33. The van der Waals surface area contributed by atoms with E-state index < -0.39 is 0 Å². The molecule has 2 rings (SSSR count). The van der Waals surface area contributed by atoms with Crippen LogP contribution in [-0.2, 0) is 0 Å². The van der Waals surface area contributed by atoms with Crippen LogP contribution in [-0.4, -0.2) is 11.0 Å². The molecule has 3 N–H and O–H groups in total. The zero-order valence-electron chi connectivity index (χ0n) is 8.37. The molecule has 1 aliphatic carbocycles. The van der Waals surface area contributed by atoms with Gasteiger partial charge in [-0.2, -0.15) is 0 Å². The second kappa shape index (κ2) is 4.31. The summed E-state index contributed by atoms with van der Waals surface area (Å²) in [5.41, 5.74) is 6.56. The lowest BCUT2D eigenvalue weighted by Crippen LogP contribution is -2.23. The third kappa shape index (κ3) is 2.16. The number of nitrogen functional groups attached to an aromatic ring is 1. The van der Waals surface area contributed by atoms with Gasteiger partial charge in [-0.25, -0.2) is 4.98 Å². The maximum absolute atomic E-state index is 5.81. The average molecular weight is 191 g/mol. The van der Waals surface area contributed by atoms with E-state index in [-0.39, 0.29) is 0 Å². The van der Waals surface area contributed by atoms with Crippen LogP contribution in [0.5, 0.6) is 0 Å². The van der Waals surface area contributed by atoms with E-state index in [4.69, 9.17) is 5.73 Å². The van der Waals surface area contributed by atoms with E-state index >= 15 is 0 Å². The summed E-state index contributed by atoms with van der Waals surface area (Å²) in [7, 11) is 0. The molecule has 0 saturated heterocycles. The summed E-state index contributed by atoms with van der Waals surface area (Å²) < 4.78 is 0. The summed E-state index contributed by atoms with van der Waals surface area (Å²) in [5, 5.41) is 3.41. The van der Waals surface area contributed by atoms with Crippen molar-refractivity contribution in [2.75, 3.05) is 11.1 Å². The topological polar surface area (TPSA) is 50.9 Å². The Labute approximate surface area is 84.7 Å². The number of nitrogens with zero attached hydrogens (tertiary/aromatic N) is 1. The Hall–Kier alpha value is -1.25. The van der Waals surface area contributed by atoms with E-state index in [2.05, 4.69) is 10.3 Å². The van der Waals surface area contributed by atoms with E-state index in [0.29, 0.717) is 6.04 Å². The van der Waals surface area contributed by atoms with Gasteiger partial charge in [0, 0.05) is 12.2 Å². The highest BCUT2D eigenvalue weighted by molar-refractivity contribution is 5.60. The maximum atomic E-state index is 5.81. The molecule has 0 atom stereocenters. The molecule has 0 amide bonds. The Bertz CT molecular complexity index is 292. The molecular weight excluding hydrogens is 174 g/mol. The molecule has 0 unspecified atom stereocenters. The minimum atomic E-state index is 0.570. The second-order valence-corrected chi connectivity index (χ2v) is 3.92. The maximum Gasteiger partial charge on any atom is 0.149 e. The molecule has 0 bridgehead atoms. The standard InChI is InChI=1S/C11H17N3/c12-10-7-4-8-13-11(10)14-9-5-2-1-3-6-9/h4,7-9H,1-3,5-6,12H2,(H,13,14). The lowest BCUT2D eigenvalue weighted by molar-refractivity contribution is 0.462. The molecule has 76 valence electrons. The lowest BCUT2D eigenvalue weighted by Gasteiger charge is -2.23. The number of nitrogens with two attached hydrogens (primary N) is 1. The van der Waals surface area contributed by atoms with Gasteiger partial charge in [0.25, 0.3) is 0 Å². The fourth-order valence-electron chi connectivity index (χ4n) is 1.98. The van der Waals surface area contributed by atoms with Crippen LogP contribution in [0, 0.1) is 0 Å². The van der Waals surface area contributed by atoms with E-state index in [1.54, 1.807) is 6.20 Å². The molecular formula is C11H17N3. The fraction of sp³-hybridized carbons (Fsp3) is 0.545. The zero-order valence-corrected chi connectivity index (χ0v) is 8.37. The van der Waals surface area contributed by atoms with Crippen LogP contribution < -0.4 is 11.1 Å². The average Bonchev–Trinajstić information content (AvgIpc) is 2.23. The van der Waals surface area contributed by atoms with Gasteiger partial charge in [-0.15, -0.1) is 0 Å². The Morgan fingerprint density at radius 1 is 1.29 bits per heavy atom. The van der Waals surface area contributed by atoms with Crippen LogP contribution in [0.2, 0.25) is 0 Å². The Morgan fingerprint density at radius 2 is 2.07 bits per heavy atom. The number of rotatable bonds is 2. The predicted octanol–water partition coefficient (Wildman–Crippen LogP) is 2.41. The highest BCUT2D eigenvalue weighted by Gasteiger charge is 2.13. The largest absolute Gasteiger partial charge is 0.396 e. The van der Waals surface area contributed by atoms with Gasteiger partial charge in [0.05, 0.1) is 5.69 Å². The molecule has 1 fully saturated rings. The molecule has 0 aromatic carbocycles. The van der Waals surface area contributed by atoms with Gasteiger partial charge in [0.1, 0.15) is 5.82 Å². The normalized spacial score (nSPS) is 18.0. The number of nitrogens with one attached hydrogen (secondary N) is 1. The van der Waals surface area contributed by atoms with E-state index in [1.807, 2.05) is 12.1 Å². The number of anilines is 2. The molecule has 1 aliphatic rings. The van der Waals surface area contributed by atoms with Crippen molar-refractivity contribution in [2.24, 2.45) is 0 Å². The van der Waals surface area contributed by atoms with Crippen LogP contribution in [0.3, 0.4) is 0 Å². The van der Waals surface area contributed by atoms with Crippen LogP contribution in [0.15, 0.2) is 18.3 Å². The Kier molecular flexibility index (Phi) is 2.87. The zero-order chi connectivity index (χ0) is 9.80. The van der Waals surface area contributed by atoms with Crippen molar-refractivity contribution >= 4 is 11.5 Å². The van der Waals surface area contributed by atoms with Crippen molar-refractivity contribution in [3.05, 3.63) is 18.3 Å². The molecule has 3 heteroatoms. The van der Waals surface area contributed by atoms with Crippen LogP contribution in [0.4, 0.5) is 11.5 Å². The quantitative estimate of drug-likeness (QED) is 0.754. The molecule has 1 aromatic heterocycles. The number of hydrogen-bond donors (Lipinski definition) is 2. The first kappa shape index (κ1) is 9.31. The van der Waals surface area contributed by atoms with Gasteiger partial charge in [-0.1, -0.05) is 19.3 Å². The molecule has 1 heterocycles. The van der Waals surface area contributed by atoms with Crippen molar-refractivity contribution < 1.29 is 0 Å². The Balaban J connectivity index is 1.99. The first-order valence-corrected chi connectivity index (χ1v) is 5.33. The molecule has 0 spiro atoms. The first-order chi connectivity index (χ1) is 6.86. The monoisotopic (exact) mass is 191 g/mol. The number of pyridine rings is 1. The third-order valence-electron chi connectivity index (χ3n) is 2.78. The van der Waals surface area contributed by atoms with Gasteiger partial charge < -0.3 is 11.1 Å². The van der Waals surface area contributed by atoms with E-state index in [9.17, 15) is 0 Å². The minimum Gasteiger partial charge on any atom is -0.396 e. The van der Waals surface area contributed by atoms with E-state index in [0.717, 1.165) is 11.5 Å². The lowest BCUT2D eigenvalue weighted by atomic mass is 9.95. The van der Waals surface area contributed by atoms with Crippen molar-refractivity contribution in [1.82, 2.24) is 4.98 Å². The summed E-state index contributed by atoms with van der Waals surface area (Å²) in [6.45, 7) is 0. The van der Waals surface area contributed by atoms with Crippen LogP contribution >= 0.6 is 0 Å². The van der Waals surface area contributed by atoms with Gasteiger partial charge in [0.15, 0.2) is 0 Å². The van der Waals surface area contributed by atoms with Crippen molar-refractivity contribution in [3.8, 4) is 0 Å². The molecule has 0 aliphatic heterocycles. The molecule has 0 radical (unpaired) electrons. The predicted molar refractivity (Wildman–Crippen MR) is 59.1 cm³/mol. The SMILES string of the molecule is Nc1cccnc1NC1CCCCC1. The minimum absolute atomic E-state index is 0.570.